The molecule has 1 saturated heterocycles. The molecule has 0 aliphatic carbocycles. The highest BCUT2D eigenvalue weighted by Gasteiger charge is 2.21. The first-order valence-electron chi connectivity index (χ1n) is 12.1. The lowest BCUT2D eigenvalue weighted by molar-refractivity contribution is 0.264. The molecule has 0 atom stereocenters. The van der Waals surface area contributed by atoms with Crippen LogP contribution in [0.1, 0.15) is 38.1 Å². The fourth-order valence-corrected chi connectivity index (χ4v) is 4.59. The monoisotopic (exact) mass is 488 g/mol. The van der Waals surface area contributed by atoms with E-state index in [9.17, 15) is 5.26 Å². The van der Waals surface area contributed by atoms with Gasteiger partial charge in [-0.1, -0.05) is 12.0 Å². The Morgan fingerprint density at radius 1 is 1.20 bits per heavy atom. The van der Waals surface area contributed by atoms with Crippen LogP contribution in [0.5, 0.6) is 0 Å². The number of alkyl halides is 1. The summed E-state index contributed by atoms with van der Waals surface area (Å²) in [5.41, 5.74) is 4.31. The number of pyridine rings is 1. The fourth-order valence-electron chi connectivity index (χ4n) is 4.42. The quantitative estimate of drug-likeness (QED) is 0.360. The summed E-state index contributed by atoms with van der Waals surface area (Å²) in [6, 6.07) is 15.2. The summed E-state index contributed by atoms with van der Waals surface area (Å²) in [6.45, 7) is 7.18. The van der Waals surface area contributed by atoms with E-state index in [1.54, 1.807) is 6.20 Å². The van der Waals surface area contributed by atoms with Crippen molar-refractivity contribution in [1.82, 2.24) is 14.5 Å². The fraction of sp³-hybridized carbons (Fsp3) is 0.429. The lowest BCUT2D eigenvalue weighted by Gasteiger charge is -2.30. The molecule has 182 valence electrons. The van der Waals surface area contributed by atoms with Gasteiger partial charge in [-0.25, -0.2) is 0 Å². The Balaban J connectivity index is 1.49. The van der Waals surface area contributed by atoms with Crippen LogP contribution < -0.4 is 10.6 Å². The molecule has 0 radical (unpaired) electrons. The van der Waals surface area contributed by atoms with E-state index in [1.807, 2.05) is 26.0 Å². The molecule has 1 fully saturated rings. The molecule has 2 aromatic heterocycles. The minimum absolute atomic E-state index is 0.491. The topological polar surface area (TPSA) is 68.9 Å². The number of piperidine rings is 1. The number of hydrogen-bond acceptors (Lipinski definition) is 5. The number of hydrogen-bond donors (Lipinski definition) is 2. The third-order valence-electron chi connectivity index (χ3n) is 6.61. The maximum atomic E-state index is 9.28. The van der Waals surface area contributed by atoms with E-state index in [0.717, 1.165) is 54.2 Å². The van der Waals surface area contributed by atoms with Gasteiger partial charge in [0.15, 0.2) is 0 Å². The Morgan fingerprint density at radius 3 is 2.69 bits per heavy atom. The summed E-state index contributed by atoms with van der Waals surface area (Å²) in [6.07, 6.45) is 4.05. The zero-order chi connectivity index (χ0) is 24.8. The minimum Gasteiger partial charge on any atom is -0.382 e. The summed E-state index contributed by atoms with van der Waals surface area (Å²) in [4.78, 5) is 6.81. The number of halogens is 1. The van der Waals surface area contributed by atoms with Gasteiger partial charge in [-0.3, -0.25) is 4.98 Å². The van der Waals surface area contributed by atoms with Crippen molar-refractivity contribution in [3.8, 4) is 17.9 Å². The van der Waals surface area contributed by atoms with Gasteiger partial charge in [-0.05, 0) is 83.1 Å². The standard InChI is InChI=1S/C28H33ClN6/c1-28(2,20-30)27-10-9-22(19-32-27)31-14-5-6-23-18-24-25(33-21-11-15-34(3)16-12-21)7-4-8-26(24)35(23)17-13-29/h4,7-10,18-19,21,31,33H,11-17H2,1-3H3. The van der Waals surface area contributed by atoms with Crippen molar-refractivity contribution in [2.45, 2.75) is 44.7 Å². The molecule has 1 aliphatic rings. The van der Waals surface area contributed by atoms with Gasteiger partial charge in [-0.15, -0.1) is 11.6 Å². The molecule has 7 heteroatoms. The predicted octanol–water partition coefficient (Wildman–Crippen LogP) is 5.05. The summed E-state index contributed by atoms with van der Waals surface area (Å²) < 4.78 is 2.20. The lowest BCUT2D eigenvalue weighted by Crippen LogP contribution is -2.36. The second-order valence-corrected chi connectivity index (χ2v) is 10.0. The van der Waals surface area contributed by atoms with E-state index in [2.05, 4.69) is 74.3 Å². The number of likely N-dealkylation sites (tertiary alicyclic amines) is 1. The number of nitriles is 1. The highest BCUT2D eigenvalue weighted by molar-refractivity contribution is 6.17. The van der Waals surface area contributed by atoms with Crippen molar-refractivity contribution >= 4 is 33.9 Å². The zero-order valence-corrected chi connectivity index (χ0v) is 21.5. The van der Waals surface area contributed by atoms with E-state index >= 15 is 0 Å². The Hall–Kier alpha value is -3.19. The summed E-state index contributed by atoms with van der Waals surface area (Å²) in [7, 11) is 2.18. The van der Waals surface area contributed by atoms with Crippen molar-refractivity contribution in [3.63, 3.8) is 0 Å². The molecular formula is C28H33ClN6. The van der Waals surface area contributed by atoms with E-state index in [-0.39, 0.29) is 0 Å². The molecule has 3 heterocycles. The number of nitrogens with one attached hydrogen (secondary N) is 2. The molecule has 3 aromatic rings. The van der Waals surface area contributed by atoms with Crippen LogP contribution in [0.15, 0.2) is 42.6 Å². The second-order valence-electron chi connectivity index (χ2n) is 9.65. The maximum absolute atomic E-state index is 9.28. The van der Waals surface area contributed by atoms with Crippen LogP contribution in [0.4, 0.5) is 11.4 Å². The summed E-state index contributed by atoms with van der Waals surface area (Å²) in [5, 5.41) is 17.5. The maximum Gasteiger partial charge on any atom is 0.0937 e. The van der Waals surface area contributed by atoms with Gasteiger partial charge >= 0.3 is 0 Å². The van der Waals surface area contributed by atoms with Gasteiger partial charge < -0.3 is 20.1 Å². The number of aromatic nitrogens is 2. The third kappa shape index (κ3) is 5.90. The number of nitrogens with zero attached hydrogens (tertiary/aromatic N) is 4. The van der Waals surface area contributed by atoms with E-state index in [0.29, 0.717) is 25.0 Å². The molecule has 1 aliphatic heterocycles. The Morgan fingerprint density at radius 2 is 2.00 bits per heavy atom. The molecule has 1 aromatic carbocycles. The van der Waals surface area contributed by atoms with E-state index < -0.39 is 5.41 Å². The number of aryl methyl sites for hydroxylation is 1. The van der Waals surface area contributed by atoms with Crippen molar-refractivity contribution in [2.75, 3.05) is 43.2 Å². The van der Waals surface area contributed by atoms with Crippen molar-refractivity contribution in [1.29, 1.82) is 5.26 Å². The first kappa shape index (κ1) is 24.9. The Labute approximate surface area is 213 Å². The SMILES string of the molecule is CN1CCC(Nc2cccc3c2cc(C#CCNc2ccc(C(C)(C)C#N)nc2)n3CCCl)CC1. The van der Waals surface area contributed by atoms with Crippen LogP contribution in [0, 0.1) is 23.2 Å². The molecular weight excluding hydrogens is 456 g/mol. The zero-order valence-electron chi connectivity index (χ0n) is 20.7. The van der Waals surface area contributed by atoms with Gasteiger partial charge in [0.1, 0.15) is 0 Å². The first-order valence-corrected chi connectivity index (χ1v) is 12.7. The van der Waals surface area contributed by atoms with Crippen LogP contribution >= 0.6 is 11.6 Å². The van der Waals surface area contributed by atoms with Gasteiger partial charge in [0.05, 0.1) is 46.8 Å². The average Bonchev–Trinajstić information content (AvgIpc) is 3.22. The van der Waals surface area contributed by atoms with Crippen LogP contribution in [0.2, 0.25) is 0 Å². The largest absolute Gasteiger partial charge is 0.382 e. The summed E-state index contributed by atoms with van der Waals surface area (Å²) >= 11 is 6.14. The first-order chi connectivity index (χ1) is 16.9. The molecule has 0 spiro atoms. The molecule has 0 amide bonds. The van der Waals surface area contributed by atoms with Crippen LogP contribution in [-0.2, 0) is 12.0 Å². The van der Waals surface area contributed by atoms with Crippen LogP contribution in [0.25, 0.3) is 10.9 Å². The normalized spacial score (nSPS) is 14.8. The Kier molecular flexibility index (Phi) is 7.86. The number of rotatable bonds is 7. The van der Waals surface area contributed by atoms with Crippen LogP contribution in [-0.4, -0.2) is 53.1 Å². The number of benzene rings is 1. The average molecular weight is 489 g/mol. The number of fused-ring (bicyclic) bond motifs is 1. The van der Waals surface area contributed by atoms with Crippen molar-refractivity contribution < 1.29 is 0 Å². The number of anilines is 2. The highest BCUT2D eigenvalue weighted by atomic mass is 35.5. The third-order valence-corrected chi connectivity index (χ3v) is 6.78. The molecule has 0 saturated carbocycles. The molecule has 35 heavy (non-hydrogen) atoms. The Bertz CT molecular complexity index is 1250. The van der Waals surface area contributed by atoms with E-state index in [4.69, 9.17) is 11.6 Å². The molecule has 6 nitrogen and oxygen atoms in total. The smallest absolute Gasteiger partial charge is 0.0937 e. The van der Waals surface area contributed by atoms with Gasteiger partial charge in [0.25, 0.3) is 0 Å². The predicted molar refractivity (Wildman–Crippen MR) is 145 cm³/mol. The summed E-state index contributed by atoms with van der Waals surface area (Å²) in [5.74, 6) is 7.10. The molecule has 2 N–H and O–H groups in total. The molecule has 0 unspecified atom stereocenters. The van der Waals surface area contributed by atoms with Gasteiger partial charge in [0.2, 0.25) is 0 Å². The van der Waals surface area contributed by atoms with E-state index in [1.165, 1.54) is 5.39 Å². The van der Waals surface area contributed by atoms with Gasteiger partial charge in [-0.2, -0.15) is 5.26 Å². The van der Waals surface area contributed by atoms with Crippen LogP contribution in [0.3, 0.4) is 0 Å². The highest BCUT2D eigenvalue weighted by Crippen LogP contribution is 2.29. The lowest BCUT2D eigenvalue weighted by atomic mass is 9.91. The molecule has 4 rings (SSSR count). The second kappa shape index (κ2) is 11.0. The minimum atomic E-state index is -0.602. The van der Waals surface area contributed by atoms with Crippen molar-refractivity contribution in [3.05, 3.63) is 54.0 Å². The molecule has 0 bridgehead atoms. The van der Waals surface area contributed by atoms with Crippen molar-refractivity contribution in [2.24, 2.45) is 0 Å². The van der Waals surface area contributed by atoms with Gasteiger partial charge in [0, 0.05) is 29.5 Å².